The number of hydrogen-bond donors (Lipinski definition) is 1. The van der Waals surface area contributed by atoms with Crippen molar-refractivity contribution in [2.75, 3.05) is 14.2 Å². The number of benzene rings is 2. The Bertz CT molecular complexity index is 764. The molecule has 3 rings (SSSR count). The fourth-order valence-corrected chi connectivity index (χ4v) is 2.62. The number of methoxy groups -OCH3 is 2. The van der Waals surface area contributed by atoms with Gasteiger partial charge in [0.1, 0.15) is 17.1 Å². The van der Waals surface area contributed by atoms with Crippen LogP contribution >= 0.6 is 0 Å². The zero-order chi connectivity index (χ0) is 18.5. The van der Waals surface area contributed by atoms with E-state index < -0.39 is 12.1 Å². The van der Waals surface area contributed by atoms with Crippen molar-refractivity contribution >= 4 is 11.9 Å². The van der Waals surface area contributed by atoms with E-state index in [0.29, 0.717) is 17.1 Å². The molecule has 0 bridgehead atoms. The largest absolute Gasteiger partial charge is 0.496 e. The third-order valence-electron chi connectivity index (χ3n) is 4.12. The maximum Gasteiger partial charge on any atom is 0.346 e. The maximum atomic E-state index is 12.8. The predicted octanol–water partition coefficient (Wildman–Crippen LogP) is 2.88. The van der Waals surface area contributed by atoms with E-state index in [4.69, 9.17) is 14.2 Å². The van der Waals surface area contributed by atoms with Crippen LogP contribution in [0.25, 0.3) is 0 Å². The summed E-state index contributed by atoms with van der Waals surface area (Å²) >= 11 is 0. The summed E-state index contributed by atoms with van der Waals surface area (Å²) in [5.41, 5.74) is 0.755. The highest BCUT2D eigenvalue weighted by Gasteiger charge is 2.32. The van der Waals surface area contributed by atoms with Crippen molar-refractivity contribution in [2.45, 2.75) is 25.0 Å². The summed E-state index contributed by atoms with van der Waals surface area (Å²) in [6.07, 6.45) is 0.849. The monoisotopic (exact) mass is 355 g/mol. The summed E-state index contributed by atoms with van der Waals surface area (Å²) in [5, 5.41) is 2.89. The molecule has 1 amide bonds. The number of esters is 1. The fourth-order valence-electron chi connectivity index (χ4n) is 2.62. The summed E-state index contributed by atoms with van der Waals surface area (Å²) in [4.78, 5) is 25.5. The second kappa shape index (κ2) is 7.91. The van der Waals surface area contributed by atoms with E-state index in [0.717, 1.165) is 12.8 Å². The summed E-state index contributed by atoms with van der Waals surface area (Å²) < 4.78 is 16.1. The molecule has 0 aliphatic heterocycles. The van der Waals surface area contributed by atoms with Crippen LogP contribution in [0.3, 0.4) is 0 Å². The lowest BCUT2D eigenvalue weighted by molar-refractivity contribution is -0.130. The molecule has 1 saturated carbocycles. The number of ether oxygens (including phenoxy) is 3. The minimum Gasteiger partial charge on any atom is -0.496 e. The number of nitrogens with one attached hydrogen (secondary N) is 1. The average molecular weight is 355 g/mol. The van der Waals surface area contributed by atoms with Gasteiger partial charge in [-0.2, -0.15) is 0 Å². The topological polar surface area (TPSA) is 73.9 Å². The highest BCUT2D eigenvalue weighted by molar-refractivity contribution is 5.97. The molecule has 0 spiro atoms. The Morgan fingerprint density at radius 3 is 2.12 bits per heavy atom. The van der Waals surface area contributed by atoms with Crippen molar-refractivity contribution in [3.8, 4) is 11.5 Å². The van der Waals surface area contributed by atoms with Crippen molar-refractivity contribution in [1.29, 1.82) is 0 Å². The van der Waals surface area contributed by atoms with Gasteiger partial charge in [-0.3, -0.25) is 4.79 Å². The molecule has 2 aromatic carbocycles. The third-order valence-corrected chi connectivity index (χ3v) is 4.12. The van der Waals surface area contributed by atoms with E-state index in [1.807, 2.05) is 6.07 Å². The molecule has 0 radical (unpaired) electrons. The Kier molecular flexibility index (Phi) is 5.41. The van der Waals surface area contributed by atoms with E-state index in [1.165, 1.54) is 14.2 Å². The van der Waals surface area contributed by atoms with Crippen molar-refractivity contribution in [1.82, 2.24) is 5.32 Å². The normalized spacial score (nSPS) is 14.2. The lowest BCUT2D eigenvalue weighted by atomic mass is 10.1. The SMILES string of the molecule is COc1cccc(OC)c1C(=O)O[C@H](C(=O)NC1CC1)c1ccccc1. The number of rotatable bonds is 7. The van der Waals surface area contributed by atoms with E-state index >= 15 is 0 Å². The second-order valence-electron chi connectivity index (χ2n) is 6.02. The molecule has 0 saturated heterocycles. The van der Waals surface area contributed by atoms with Crippen LogP contribution in [0.5, 0.6) is 11.5 Å². The third kappa shape index (κ3) is 3.96. The first-order valence-corrected chi connectivity index (χ1v) is 8.41. The zero-order valence-electron chi connectivity index (χ0n) is 14.7. The van der Waals surface area contributed by atoms with Gasteiger partial charge in [-0.05, 0) is 25.0 Å². The number of amides is 1. The molecular weight excluding hydrogens is 334 g/mol. The lowest BCUT2D eigenvalue weighted by Gasteiger charge is -2.19. The summed E-state index contributed by atoms with van der Waals surface area (Å²) in [5.74, 6) is -0.368. The van der Waals surface area contributed by atoms with Gasteiger partial charge in [0.15, 0.2) is 0 Å². The second-order valence-corrected chi connectivity index (χ2v) is 6.02. The first-order chi connectivity index (χ1) is 12.6. The molecule has 2 aromatic rings. The van der Waals surface area contributed by atoms with Crippen molar-refractivity contribution in [3.05, 3.63) is 59.7 Å². The number of hydrogen-bond acceptors (Lipinski definition) is 5. The molecule has 1 aliphatic carbocycles. The Hall–Kier alpha value is -3.02. The standard InChI is InChI=1S/C20H21NO5/c1-24-15-9-6-10-16(25-2)17(15)20(23)26-18(13-7-4-3-5-8-13)19(22)21-14-11-12-14/h3-10,14,18H,11-12H2,1-2H3,(H,21,22)/t18-/m0/s1. The average Bonchev–Trinajstić information content (AvgIpc) is 3.49. The van der Waals surface area contributed by atoms with Crippen molar-refractivity contribution in [3.63, 3.8) is 0 Å². The van der Waals surface area contributed by atoms with Crippen LogP contribution in [-0.4, -0.2) is 32.1 Å². The molecule has 136 valence electrons. The van der Waals surface area contributed by atoms with Gasteiger partial charge >= 0.3 is 5.97 Å². The Labute approximate surface area is 152 Å². The van der Waals surface area contributed by atoms with Gasteiger partial charge in [-0.25, -0.2) is 4.79 Å². The van der Waals surface area contributed by atoms with E-state index in [9.17, 15) is 9.59 Å². The molecule has 6 heteroatoms. The van der Waals surface area contributed by atoms with Gasteiger partial charge in [0.05, 0.1) is 14.2 Å². The van der Waals surface area contributed by atoms with Crippen LogP contribution in [0.15, 0.2) is 48.5 Å². The summed E-state index contributed by atoms with van der Waals surface area (Å²) in [6.45, 7) is 0. The molecule has 0 unspecified atom stereocenters. The Morgan fingerprint density at radius 2 is 1.58 bits per heavy atom. The molecule has 1 atom stereocenters. The predicted molar refractivity (Wildman–Crippen MR) is 95.3 cm³/mol. The van der Waals surface area contributed by atoms with Crippen LogP contribution in [0, 0.1) is 0 Å². The molecule has 1 aliphatic rings. The highest BCUT2D eigenvalue weighted by Crippen LogP contribution is 2.31. The Morgan fingerprint density at radius 1 is 0.962 bits per heavy atom. The van der Waals surface area contributed by atoms with Crippen LogP contribution < -0.4 is 14.8 Å². The van der Waals surface area contributed by atoms with Crippen LogP contribution in [0.4, 0.5) is 0 Å². The van der Waals surface area contributed by atoms with Crippen molar-refractivity contribution < 1.29 is 23.8 Å². The first-order valence-electron chi connectivity index (χ1n) is 8.41. The van der Waals surface area contributed by atoms with Gasteiger partial charge in [0, 0.05) is 11.6 Å². The molecule has 1 fully saturated rings. The summed E-state index contributed by atoms with van der Waals surface area (Å²) in [7, 11) is 2.92. The summed E-state index contributed by atoms with van der Waals surface area (Å²) in [6, 6.07) is 14.1. The van der Waals surface area contributed by atoms with Gasteiger partial charge < -0.3 is 19.5 Å². The number of carbonyl (C=O) groups is 2. The smallest absolute Gasteiger partial charge is 0.346 e. The minimum absolute atomic E-state index is 0.151. The minimum atomic E-state index is -1.04. The first kappa shape index (κ1) is 17.8. The van der Waals surface area contributed by atoms with E-state index in [1.54, 1.807) is 42.5 Å². The molecule has 26 heavy (non-hydrogen) atoms. The Balaban J connectivity index is 1.89. The van der Waals surface area contributed by atoms with E-state index in [2.05, 4.69) is 5.32 Å². The molecule has 0 aromatic heterocycles. The van der Waals surface area contributed by atoms with Crippen LogP contribution in [0.1, 0.15) is 34.9 Å². The lowest BCUT2D eigenvalue weighted by Crippen LogP contribution is -2.33. The van der Waals surface area contributed by atoms with Crippen LogP contribution in [-0.2, 0) is 9.53 Å². The number of carbonyl (C=O) groups excluding carboxylic acids is 2. The van der Waals surface area contributed by atoms with Crippen LogP contribution in [0.2, 0.25) is 0 Å². The van der Waals surface area contributed by atoms with Crippen molar-refractivity contribution in [2.24, 2.45) is 0 Å². The van der Waals surface area contributed by atoms with Gasteiger partial charge in [0.25, 0.3) is 5.91 Å². The molecule has 1 N–H and O–H groups in total. The van der Waals surface area contributed by atoms with Gasteiger partial charge in [0.2, 0.25) is 6.10 Å². The van der Waals surface area contributed by atoms with Gasteiger partial charge in [-0.15, -0.1) is 0 Å². The van der Waals surface area contributed by atoms with E-state index in [-0.39, 0.29) is 17.5 Å². The molecular formula is C20H21NO5. The van der Waals surface area contributed by atoms with Gasteiger partial charge in [-0.1, -0.05) is 36.4 Å². The molecule has 0 heterocycles. The molecule has 6 nitrogen and oxygen atoms in total. The highest BCUT2D eigenvalue weighted by atomic mass is 16.6. The maximum absolute atomic E-state index is 12.8. The fraction of sp³-hybridized carbons (Fsp3) is 0.300. The zero-order valence-corrected chi connectivity index (χ0v) is 14.7. The quantitative estimate of drug-likeness (QED) is 0.773.